The number of nitrogens with one attached hydrogen (secondary N) is 1. The maximum absolute atomic E-state index is 12.0. The normalized spacial score (nSPS) is 14.9. The lowest BCUT2D eigenvalue weighted by Crippen LogP contribution is -2.59. The largest absolute Gasteiger partial charge is 0.487 e. The van der Waals surface area contributed by atoms with Crippen molar-refractivity contribution in [3.05, 3.63) is 54.6 Å². The number of hydrogen-bond donors (Lipinski definition) is 1. The predicted molar refractivity (Wildman–Crippen MR) is 109 cm³/mol. The quantitative estimate of drug-likeness (QED) is 0.686. The van der Waals surface area contributed by atoms with E-state index in [4.69, 9.17) is 9.26 Å². The summed E-state index contributed by atoms with van der Waals surface area (Å²) in [5.41, 5.74) is 1.74. The molecule has 0 aliphatic carbocycles. The molecule has 1 N–H and O–H groups in total. The van der Waals surface area contributed by atoms with Crippen molar-refractivity contribution in [1.82, 2.24) is 20.4 Å². The van der Waals surface area contributed by atoms with Crippen LogP contribution in [0.15, 0.2) is 59.1 Å². The predicted octanol–water partition coefficient (Wildman–Crippen LogP) is 3.97. The number of urea groups is 1. The molecular formula is C22H24N4O3. The molecule has 0 spiro atoms. The van der Waals surface area contributed by atoms with Gasteiger partial charge in [0.15, 0.2) is 0 Å². The standard InChI is InChI=1S/C22H24N4O3/c1-3-15(2)23-22(27)26-13-19(14-26)28-18-11-9-16(10-12-18)20-24-21(29-25-20)17-7-5-4-6-8-17/h4-12,15,19H,3,13-14H2,1-2H3,(H,23,27). The van der Waals surface area contributed by atoms with Gasteiger partial charge in [-0.1, -0.05) is 30.3 Å². The first-order valence-electron chi connectivity index (χ1n) is 9.84. The lowest BCUT2D eigenvalue weighted by atomic mass is 10.1. The average Bonchev–Trinajstić information content (AvgIpc) is 3.21. The van der Waals surface area contributed by atoms with Gasteiger partial charge in [-0.05, 0) is 49.7 Å². The lowest BCUT2D eigenvalue weighted by Gasteiger charge is -2.39. The first kappa shape index (κ1) is 19.0. The third-order valence-electron chi connectivity index (χ3n) is 4.98. The van der Waals surface area contributed by atoms with Gasteiger partial charge in [0.05, 0.1) is 13.1 Å². The van der Waals surface area contributed by atoms with Crippen molar-refractivity contribution in [1.29, 1.82) is 0 Å². The van der Waals surface area contributed by atoms with Crippen LogP contribution in [-0.2, 0) is 0 Å². The Balaban J connectivity index is 1.32. The van der Waals surface area contributed by atoms with Gasteiger partial charge >= 0.3 is 6.03 Å². The first-order chi connectivity index (χ1) is 14.1. The average molecular weight is 392 g/mol. The Morgan fingerprint density at radius 1 is 1.17 bits per heavy atom. The Morgan fingerprint density at radius 3 is 2.59 bits per heavy atom. The third-order valence-corrected chi connectivity index (χ3v) is 4.98. The highest BCUT2D eigenvalue weighted by Crippen LogP contribution is 2.25. The number of nitrogens with zero attached hydrogens (tertiary/aromatic N) is 3. The van der Waals surface area contributed by atoms with E-state index in [0.29, 0.717) is 24.8 Å². The van der Waals surface area contributed by atoms with Crippen LogP contribution < -0.4 is 10.1 Å². The van der Waals surface area contributed by atoms with Gasteiger partial charge in [-0.15, -0.1) is 0 Å². The molecule has 1 saturated heterocycles. The number of ether oxygens (including phenoxy) is 1. The molecule has 7 heteroatoms. The molecule has 0 radical (unpaired) electrons. The van der Waals surface area contributed by atoms with Crippen LogP contribution in [0.1, 0.15) is 20.3 Å². The Kier molecular flexibility index (Phi) is 5.46. The van der Waals surface area contributed by atoms with Crippen LogP contribution >= 0.6 is 0 Å². The molecule has 3 aromatic rings. The summed E-state index contributed by atoms with van der Waals surface area (Å²) in [6, 6.07) is 17.4. The highest BCUT2D eigenvalue weighted by Gasteiger charge is 2.32. The number of carbonyl (C=O) groups excluding carboxylic acids is 1. The third kappa shape index (κ3) is 4.39. The molecule has 1 aromatic heterocycles. The zero-order valence-corrected chi connectivity index (χ0v) is 16.5. The Labute approximate surface area is 169 Å². The van der Waals surface area contributed by atoms with Crippen LogP contribution in [0.3, 0.4) is 0 Å². The molecule has 0 saturated carbocycles. The molecule has 1 fully saturated rings. The molecular weight excluding hydrogens is 368 g/mol. The molecule has 150 valence electrons. The molecule has 4 rings (SSSR count). The second-order valence-corrected chi connectivity index (χ2v) is 7.22. The molecule has 1 aliphatic heterocycles. The summed E-state index contributed by atoms with van der Waals surface area (Å²) in [6.07, 6.45) is 0.928. The van der Waals surface area contributed by atoms with Gasteiger partial charge in [-0.2, -0.15) is 4.98 Å². The van der Waals surface area contributed by atoms with E-state index in [1.807, 2.05) is 68.4 Å². The zero-order valence-electron chi connectivity index (χ0n) is 16.5. The topological polar surface area (TPSA) is 80.5 Å². The van der Waals surface area contributed by atoms with E-state index < -0.39 is 0 Å². The van der Waals surface area contributed by atoms with Crippen LogP contribution in [0.4, 0.5) is 4.79 Å². The van der Waals surface area contributed by atoms with E-state index in [-0.39, 0.29) is 18.2 Å². The SMILES string of the molecule is CCC(C)NC(=O)N1CC(Oc2ccc(-c3noc(-c4ccccc4)n3)cc2)C1. The van der Waals surface area contributed by atoms with E-state index in [1.165, 1.54) is 0 Å². The van der Waals surface area contributed by atoms with Crippen molar-refractivity contribution in [2.75, 3.05) is 13.1 Å². The number of hydrogen-bond acceptors (Lipinski definition) is 5. The van der Waals surface area contributed by atoms with Gasteiger partial charge in [0, 0.05) is 17.2 Å². The van der Waals surface area contributed by atoms with Crippen LogP contribution in [0.25, 0.3) is 22.8 Å². The summed E-state index contributed by atoms with van der Waals surface area (Å²) >= 11 is 0. The number of benzene rings is 2. The molecule has 2 aromatic carbocycles. The summed E-state index contributed by atoms with van der Waals surface area (Å²) in [5, 5.41) is 7.03. The molecule has 1 atom stereocenters. The van der Waals surface area contributed by atoms with Crippen LogP contribution in [-0.4, -0.2) is 46.3 Å². The van der Waals surface area contributed by atoms with Crippen molar-refractivity contribution < 1.29 is 14.1 Å². The van der Waals surface area contributed by atoms with Gasteiger partial charge in [-0.3, -0.25) is 0 Å². The molecule has 2 heterocycles. The van der Waals surface area contributed by atoms with Gasteiger partial charge in [0.1, 0.15) is 11.9 Å². The van der Waals surface area contributed by atoms with Gasteiger partial charge < -0.3 is 19.5 Å². The van der Waals surface area contributed by atoms with Crippen LogP contribution in [0.2, 0.25) is 0 Å². The van der Waals surface area contributed by atoms with Crippen LogP contribution in [0.5, 0.6) is 5.75 Å². The Morgan fingerprint density at radius 2 is 1.90 bits per heavy atom. The molecule has 7 nitrogen and oxygen atoms in total. The first-order valence-corrected chi connectivity index (χ1v) is 9.84. The fourth-order valence-corrected chi connectivity index (χ4v) is 3.00. The molecule has 2 amide bonds. The minimum absolute atomic E-state index is 0.0124. The summed E-state index contributed by atoms with van der Waals surface area (Å²) in [5.74, 6) is 1.78. The van der Waals surface area contributed by atoms with E-state index in [1.54, 1.807) is 4.90 Å². The molecule has 1 unspecified atom stereocenters. The van der Waals surface area contributed by atoms with Gasteiger partial charge in [-0.25, -0.2) is 4.79 Å². The van der Waals surface area contributed by atoms with Crippen molar-refractivity contribution >= 4 is 6.03 Å². The minimum Gasteiger partial charge on any atom is -0.487 e. The molecule has 29 heavy (non-hydrogen) atoms. The number of rotatable bonds is 6. The summed E-state index contributed by atoms with van der Waals surface area (Å²) in [4.78, 5) is 18.3. The fraction of sp³-hybridized carbons (Fsp3) is 0.318. The second kappa shape index (κ2) is 8.34. The number of carbonyl (C=O) groups is 1. The second-order valence-electron chi connectivity index (χ2n) is 7.22. The van der Waals surface area contributed by atoms with E-state index in [2.05, 4.69) is 15.5 Å². The summed E-state index contributed by atoms with van der Waals surface area (Å²) < 4.78 is 11.3. The minimum atomic E-state index is -0.0270. The number of likely N-dealkylation sites (tertiary alicyclic amines) is 1. The summed E-state index contributed by atoms with van der Waals surface area (Å²) in [7, 11) is 0. The maximum Gasteiger partial charge on any atom is 0.317 e. The highest BCUT2D eigenvalue weighted by molar-refractivity contribution is 5.75. The summed E-state index contributed by atoms with van der Waals surface area (Å²) in [6.45, 7) is 5.23. The smallest absolute Gasteiger partial charge is 0.317 e. The Hall–Kier alpha value is -3.35. The van der Waals surface area contributed by atoms with Crippen molar-refractivity contribution in [3.63, 3.8) is 0 Å². The fourth-order valence-electron chi connectivity index (χ4n) is 3.00. The van der Waals surface area contributed by atoms with Gasteiger partial charge in [0.25, 0.3) is 5.89 Å². The van der Waals surface area contributed by atoms with Crippen molar-refractivity contribution in [2.24, 2.45) is 0 Å². The number of aromatic nitrogens is 2. The van der Waals surface area contributed by atoms with Gasteiger partial charge in [0.2, 0.25) is 5.82 Å². The number of amides is 2. The maximum atomic E-state index is 12.0. The van der Waals surface area contributed by atoms with Crippen LogP contribution in [0, 0.1) is 0 Å². The molecule has 1 aliphatic rings. The Bertz CT molecular complexity index is 950. The highest BCUT2D eigenvalue weighted by atomic mass is 16.5. The zero-order chi connectivity index (χ0) is 20.2. The molecule has 0 bridgehead atoms. The van der Waals surface area contributed by atoms with E-state index in [0.717, 1.165) is 23.3 Å². The lowest BCUT2D eigenvalue weighted by molar-refractivity contribution is 0.0436. The van der Waals surface area contributed by atoms with E-state index in [9.17, 15) is 4.79 Å². The van der Waals surface area contributed by atoms with Crippen molar-refractivity contribution in [3.8, 4) is 28.6 Å². The van der Waals surface area contributed by atoms with Crippen molar-refractivity contribution in [2.45, 2.75) is 32.4 Å². The van der Waals surface area contributed by atoms with E-state index >= 15 is 0 Å². The monoisotopic (exact) mass is 392 g/mol.